The van der Waals surface area contributed by atoms with Gasteiger partial charge in [0.2, 0.25) is 0 Å². The van der Waals surface area contributed by atoms with Gasteiger partial charge in [-0.2, -0.15) is 13.0 Å². The van der Waals surface area contributed by atoms with Gasteiger partial charge < -0.3 is 0 Å². The Morgan fingerprint density at radius 1 is 1.14 bits per heavy atom. The molecule has 9 heteroatoms. The van der Waals surface area contributed by atoms with Crippen LogP contribution in [0.2, 0.25) is 0 Å². The zero-order chi connectivity index (χ0) is 15.6. The molecule has 0 radical (unpaired) electrons. The molecule has 0 aliphatic heterocycles. The van der Waals surface area contributed by atoms with Crippen LogP contribution in [0.4, 0.5) is 0 Å². The molecule has 0 spiro atoms. The van der Waals surface area contributed by atoms with Crippen molar-refractivity contribution >= 4 is 35.3 Å². The summed E-state index contributed by atoms with van der Waals surface area (Å²) in [5.74, 6) is 0.756. The first-order valence-corrected chi connectivity index (χ1v) is 8.99. The van der Waals surface area contributed by atoms with Gasteiger partial charge in [0, 0.05) is 38.7 Å². The number of hydrogen-bond acceptors (Lipinski definition) is 4. The van der Waals surface area contributed by atoms with Gasteiger partial charge in [0.25, 0.3) is 0 Å². The van der Waals surface area contributed by atoms with Crippen molar-refractivity contribution in [2.75, 3.05) is 0 Å². The number of hydrogen-bond donors (Lipinski definition) is 1. The van der Waals surface area contributed by atoms with Crippen LogP contribution in [0.3, 0.4) is 0 Å². The van der Waals surface area contributed by atoms with Gasteiger partial charge in [-0.15, -0.1) is 5.10 Å². The van der Waals surface area contributed by atoms with Gasteiger partial charge in [-0.25, -0.2) is 4.98 Å². The maximum atomic E-state index is 9.16. The van der Waals surface area contributed by atoms with Crippen molar-refractivity contribution < 1.29 is 8.42 Å². The predicted octanol–water partition coefficient (Wildman–Crippen LogP) is 3.05. The monoisotopic (exact) mass is 346 g/mol. The number of nitrogens with zero attached hydrogens (tertiary/aromatic N) is 3. The van der Waals surface area contributed by atoms with Gasteiger partial charge in [0.15, 0.2) is 11.5 Å². The predicted molar refractivity (Wildman–Crippen MR) is 82.9 cm³/mol. The van der Waals surface area contributed by atoms with Crippen LogP contribution in [0, 0.1) is 13.8 Å². The molecule has 2 aromatic heterocycles. The third-order valence-corrected chi connectivity index (χ3v) is 2.57. The molecule has 0 saturated heterocycles. The second kappa shape index (κ2) is 6.05. The second-order valence-electron chi connectivity index (χ2n) is 4.39. The van der Waals surface area contributed by atoms with Crippen molar-refractivity contribution in [2.24, 2.45) is 0 Å². The van der Waals surface area contributed by atoms with Gasteiger partial charge in [-0.1, -0.05) is 29.8 Å². The molecule has 21 heavy (non-hydrogen) atoms. The fourth-order valence-electron chi connectivity index (χ4n) is 1.72. The van der Waals surface area contributed by atoms with E-state index in [1.165, 1.54) is 5.56 Å². The number of nitrogens with one attached hydrogen (secondary N) is 1. The molecule has 0 bridgehead atoms. The average Bonchev–Trinajstić information content (AvgIpc) is 2.84. The summed E-state index contributed by atoms with van der Waals surface area (Å²) < 4.78 is 20.0. The van der Waals surface area contributed by atoms with E-state index in [-0.39, 0.29) is 0 Å². The smallest absolute Gasteiger partial charge is 0.281 e. The van der Waals surface area contributed by atoms with E-state index >= 15 is 0 Å². The first-order valence-electron chi connectivity index (χ1n) is 5.86. The Labute approximate surface area is 130 Å². The minimum Gasteiger partial charge on any atom is -0.281 e. The summed E-state index contributed by atoms with van der Waals surface area (Å²) in [6.45, 7) is 4.06. The van der Waals surface area contributed by atoms with Crippen LogP contribution in [0.5, 0.6) is 0 Å². The summed E-state index contributed by atoms with van der Waals surface area (Å²) in [5, 5.41) is 7.49. The van der Waals surface area contributed by atoms with Crippen LogP contribution in [-0.4, -0.2) is 28.2 Å². The Bertz CT molecular complexity index is 814. The van der Waals surface area contributed by atoms with Gasteiger partial charge in [0.1, 0.15) is 0 Å². The highest BCUT2D eigenvalue weighted by Crippen LogP contribution is 2.16. The highest BCUT2D eigenvalue weighted by atomic mass is 36.0. The maximum Gasteiger partial charge on any atom is 0.317 e. The van der Waals surface area contributed by atoms with Gasteiger partial charge in [-0.05, 0) is 13.8 Å². The Morgan fingerprint density at radius 2 is 1.71 bits per heavy atom. The van der Waals surface area contributed by atoms with Crippen molar-refractivity contribution in [3.05, 3.63) is 41.6 Å². The SMILES string of the molecule is Cc1ccc(-c2nc3cc(C)[nH]n3n2)cc1.O=S(=O)(Cl)Cl. The molecular weight excluding hydrogens is 335 g/mol. The summed E-state index contributed by atoms with van der Waals surface area (Å²) in [4.78, 5) is 4.45. The van der Waals surface area contributed by atoms with Crippen molar-refractivity contribution in [3.8, 4) is 11.4 Å². The van der Waals surface area contributed by atoms with E-state index < -0.39 is 8.26 Å². The molecule has 0 aliphatic rings. The molecule has 112 valence electrons. The molecule has 0 fully saturated rings. The van der Waals surface area contributed by atoms with Gasteiger partial charge in [0.05, 0.1) is 0 Å². The van der Waals surface area contributed by atoms with E-state index in [9.17, 15) is 0 Å². The largest absolute Gasteiger partial charge is 0.317 e. The fourth-order valence-corrected chi connectivity index (χ4v) is 1.72. The quantitative estimate of drug-likeness (QED) is 0.686. The third kappa shape index (κ3) is 4.73. The van der Waals surface area contributed by atoms with E-state index in [1.807, 2.05) is 25.1 Å². The number of aromatic nitrogens is 4. The minimum absolute atomic E-state index is 0.756. The number of rotatable bonds is 1. The summed E-state index contributed by atoms with van der Waals surface area (Å²) >= 11 is 0. The van der Waals surface area contributed by atoms with Gasteiger partial charge >= 0.3 is 8.26 Å². The first-order chi connectivity index (χ1) is 9.72. The molecule has 1 N–H and O–H groups in total. The van der Waals surface area contributed by atoms with Crippen molar-refractivity contribution in [1.29, 1.82) is 0 Å². The van der Waals surface area contributed by atoms with Crippen LogP contribution in [0.1, 0.15) is 11.3 Å². The Balaban J connectivity index is 0.000000282. The van der Waals surface area contributed by atoms with Crippen molar-refractivity contribution in [1.82, 2.24) is 19.8 Å². The van der Waals surface area contributed by atoms with E-state index in [1.54, 1.807) is 4.63 Å². The van der Waals surface area contributed by atoms with Crippen LogP contribution >= 0.6 is 21.4 Å². The molecule has 0 atom stereocenters. The summed E-state index contributed by atoms with van der Waals surface area (Å²) in [5.41, 5.74) is 4.20. The molecule has 0 unspecified atom stereocenters. The lowest BCUT2D eigenvalue weighted by Crippen LogP contribution is -1.88. The minimum atomic E-state index is -3.72. The molecule has 3 rings (SSSR count). The topological polar surface area (TPSA) is 80.1 Å². The number of fused-ring (bicyclic) bond motifs is 1. The number of benzene rings is 1. The molecule has 3 aromatic rings. The molecule has 0 aliphatic carbocycles. The highest BCUT2D eigenvalue weighted by Gasteiger charge is 2.07. The Hall–Kier alpha value is -1.57. The van der Waals surface area contributed by atoms with E-state index in [0.717, 1.165) is 22.7 Å². The molecule has 6 nitrogen and oxygen atoms in total. The van der Waals surface area contributed by atoms with Crippen LogP contribution in [0.25, 0.3) is 17.0 Å². The Kier molecular flexibility index (Phi) is 4.55. The summed E-state index contributed by atoms with van der Waals surface area (Å²) in [6.07, 6.45) is 0. The van der Waals surface area contributed by atoms with E-state index in [2.05, 4.69) is 55.6 Å². The highest BCUT2D eigenvalue weighted by molar-refractivity contribution is 8.31. The maximum absolute atomic E-state index is 9.16. The van der Waals surface area contributed by atoms with Crippen molar-refractivity contribution in [3.63, 3.8) is 0 Å². The molecule has 1 aromatic carbocycles. The molecule has 0 amide bonds. The van der Waals surface area contributed by atoms with Crippen LogP contribution < -0.4 is 0 Å². The first kappa shape index (κ1) is 15.8. The zero-order valence-electron chi connectivity index (χ0n) is 11.2. The zero-order valence-corrected chi connectivity index (χ0v) is 13.5. The molecular formula is C12H12Cl2N4O2S. The van der Waals surface area contributed by atoms with Crippen molar-refractivity contribution in [2.45, 2.75) is 13.8 Å². The number of H-pyrrole nitrogens is 1. The van der Waals surface area contributed by atoms with Crippen LogP contribution in [0.15, 0.2) is 30.3 Å². The standard InChI is InChI=1S/C12H12N4.Cl2O2S/c1-8-3-5-10(6-4-8)12-13-11-7-9(2)14-16(11)15-12;1-5(2,3)4/h3-7,14H,1-2H3;. The number of aryl methyl sites for hydroxylation is 2. The molecule has 0 saturated carbocycles. The normalized spacial score (nSPS) is 11.2. The van der Waals surface area contributed by atoms with Gasteiger partial charge in [-0.3, -0.25) is 5.10 Å². The second-order valence-corrected chi connectivity index (χ2v) is 8.06. The lowest BCUT2D eigenvalue weighted by molar-refractivity contribution is 0.621. The fraction of sp³-hybridized carbons (Fsp3) is 0.167. The summed E-state index contributed by atoms with van der Waals surface area (Å²) in [7, 11) is 4.81. The Morgan fingerprint density at radius 3 is 2.24 bits per heavy atom. The summed E-state index contributed by atoms with van der Waals surface area (Å²) in [6, 6.07) is 10.2. The third-order valence-electron chi connectivity index (χ3n) is 2.57. The average molecular weight is 347 g/mol. The number of halogens is 2. The lowest BCUT2D eigenvalue weighted by atomic mass is 10.1. The number of aromatic amines is 1. The molecule has 2 heterocycles. The van der Waals surface area contributed by atoms with Crippen LogP contribution in [-0.2, 0) is 8.26 Å². The van der Waals surface area contributed by atoms with E-state index in [0.29, 0.717) is 0 Å². The van der Waals surface area contributed by atoms with E-state index in [4.69, 9.17) is 8.42 Å². The lowest BCUT2D eigenvalue weighted by Gasteiger charge is -1.95.